The lowest BCUT2D eigenvalue weighted by molar-refractivity contribution is 0.00952. The molecular formula is C11H19NO. The maximum atomic E-state index is 5.39. The van der Waals surface area contributed by atoms with Crippen molar-refractivity contribution < 1.29 is 4.74 Å². The predicted octanol–water partition coefficient (Wildman–Crippen LogP) is 1.51. The molecule has 1 saturated heterocycles. The minimum atomic E-state index is 0.730. The molecule has 0 aromatic rings. The Morgan fingerprint density at radius 3 is 2.38 bits per heavy atom. The number of fused-ring (bicyclic) bond motifs is 1. The Morgan fingerprint density at radius 1 is 1.15 bits per heavy atom. The van der Waals surface area contributed by atoms with Gasteiger partial charge < -0.3 is 4.74 Å². The molecule has 1 aliphatic heterocycles. The molecule has 0 radical (unpaired) electrons. The molecular weight excluding hydrogens is 162 g/mol. The van der Waals surface area contributed by atoms with Crippen LogP contribution in [-0.2, 0) is 4.74 Å². The van der Waals surface area contributed by atoms with Gasteiger partial charge in [-0.2, -0.15) is 0 Å². The Morgan fingerprint density at radius 2 is 1.85 bits per heavy atom. The number of hydrogen-bond donors (Lipinski definition) is 0. The second-order valence-electron chi connectivity index (χ2n) is 5.40. The van der Waals surface area contributed by atoms with Crippen molar-refractivity contribution in [1.82, 2.24) is 4.90 Å². The highest BCUT2D eigenvalue weighted by atomic mass is 16.5. The van der Waals surface area contributed by atoms with Crippen LogP contribution in [0.25, 0.3) is 0 Å². The summed E-state index contributed by atoms with van der Waals surface area (Å²) >= 11 is 0. The first kappa shape index (κ1) is 8.25. The molecule has 4 aliphatic rings. The van der Waals surface area contributed by atoms with Crippen LogP contribution in [0.2, 0.25) is 0 Å². The number of nitrogens with zero attached hydrogens (tertiary/aromatic N) is 1. The zero-order valence-electron chi connectivity index (χ0n) is 8.46. The topological polar surface area (TPSA) is 12.5 Å². The van der Waals surface area contributed by atoms with E-state index in [0.717, 1.165) is 30.6 Å². The SMILES string of the molecule is CC12CC(C1)C(N1CCOCC1)C2. The van der Waals surface area contributed by atoms with Gasteiger partial charge in [-0.3, -0.25) is 4.90 Å². The maximum absolute atomic E-state index is 5.39. The first-order valence-corrected chi connectivity index (χ1v) is 5.59. The van der Waals surface area contributed by atoms with Gasteiger partial charge in [0.15, 0.2) is 0 Å². The van der Waals surface area contributed by atoms with Gasteiger partial charge in [-0.25, -0.2) is 0 Å². The second-order valence-corrected chi connectivity index (χ2v) is 5.40. The van der Waals surface area contributed by atoms with E-state index in [4.69, 9.17) is 4.74 Å². The standard InChI is InChI=1S/C11H19NO/c1-11-6-9(7-11)10(8-11)12-2-4-13-5-3-12/h9-10H,2-8H2,1H3. The van der Waals surface area contributed by atoms with Crippen molar-refractivity contribution >= 4 is 0 Å². The molecule has 13 heavy (non-hydrogen) atoms. The molecule has 0 spiro atoms. The van der Waals surface area contributed by atoms with Crippen molar-refractivity contribution in [1.29, 1.82) is 0 Å². The summed E-state index contributed by atoms with van der Waals surface area (Å²) in [6.45, 7) is 6.73. The van der Waals surface area contributed by atoms with Crippen LogP contribution in [0, 0.1) is 11.3 Å². The van der Waals surface area contributed by atoms with Crippen LogP contribution in [0.15, 0.2) is 0 Å². The van der Waals surface area contributed by atoms with E-state index in [2.05, 4.69) is 11.8 Å². The predicted molar refractivity (Wildman–Crippen MR) is 51.6 cm³/mol. The normalized spacial score (nSPS) is 50.5. The first-order chi connectivity index (χ1) is 6.27. The molecule has 3 aliphatic carbocycles. The van der Waals surface area contributed by atoms with Crippen LogP contribution in [0.3, 0.4) is 0 Å². The number of hydrogen-bond acceptors (Lipinski definition) is 2. The number of rotatable bonds is 1. The smallest absolute Gasteiger partial charge is 0.0594 e. The van der Waals surface area contributed by atoms with Crippen molar-refractivity contribution in [2.75, 3.05) is 26.3 Å². The zero-order valence-corrected chi connectivity index (χ0v) is 8.46. The van der Waals surface area contributed by atoms with Gasteiger partial charge in [-0.05, 0) is 30.6 Å². The fourth-order valence-corrected chi connectivity index (χ4v) is 3.65. The minimum absolute atomic E-state index is 0.730. The van der Waals surface area contributed by atoms with Gasteiger partial charge in [0.05, 0.1) is 13.2 Å². The summed E-state index contributed by atoms with van der Waals surface area (Å²) in [5.41, 5.74) is 0.730. The number of ether oxygens (including phenoxy) is 1. The Balaban J connectivity index is 1.66. The summed E-state index contributed by atoms with van der Waals surface area (Å²) in [4.78, 5) is 2.67. The fraction of sp³-hybridized carbons (Fsp3) is 1.00. The van der Waals surface area contributed by atoms with Crippen molar-refractivity contribution in [2.45, 2.75) is 32.2 Å². The van der Waals surface area contributed by atoms with Crippen LogP contribution >= 0.6 is 0 Å². The van der Waals surface area contributed by atoms with Crippen LogP contribution in [0.1, 0.15) is 26.2 Å². The molecule has 2 bridgehead atoms. The number of morpholine rings is 1. The molecule has 2 heteroatoms. The van der Waals surface area contributed by atoms with Crippen LogP contribution in [0.5, 0.6) is 0 Å². The second kappa shape index (κ2) is 2.71. The molecule has 0 N–H and O–H groups in total. The van der Waals surface area contributed by atoms with Crippen LogP contribution in [0.4, 0.5) is 0 Å². The molecule has 2 nitrogen and oxygen atoms in total. The highest BCUT2D eigenvalue weighted by Crippen LogP contribution is 2.59. The molecule has 4 fully saturated rings. The van der Waals surface area contributed by atoms with Crippen molar-refractivity contribution in [3.63, 3.8) is 0 Å². The lowest BCUT2D eigenvalue weighted by Gasteiger charge is -2.37. The monoisotopic (exact) mass is 181 g/mol. The van der Waals surface area contributed by atoms with Crippen molar-refractivity contribution in [3.8, 4) is 0 Å². The molecule has 0 aromatic heterocycles. The zero-order chi connectivity index (χ0) is 8.89. The summed E-state index contributed by atoms with van der Waals surface area (Å²) in [5.74, 6) is 1.03. The van der Waals surface area contributed by atoms with E-state index in [1.54, 1.807) is 0 Å². The lowest BCUT2D eigenvalue weighted by atomic mass is 9.71. The van der Waals surface area contributed by atoms with Gasteiger partial charge in [-0.1, -0.05) is 6.92 Å². The molecule has 1 atom stereocenters. The van der Waals surface area contributed by atoms with Crippen LogP contribution < -0.4 is 0 Å². The van der Waals surface area contributed by atoms with E-state index in [-0.39, 0.29) is 0 Å². The largest absolute Gasteiger partial charge is 0.379 e. The van der Waals surface area contributed by atoms with E-state index in [1.165, 1.54) is 32.4 Å². The average molecular weight is 181 g/mol. The molecule has 0 aromatic carbocycles. The Bertz CT molecular complexity index is 204. The van der Waals surface area contributed by atoms with Gasteiger partial charge in [0.1, 0.15) is 0 Å². The van der Waals surface area contributed by atoms with Gasteiger partial charge >= 0.3 is 0 Å². The van der Waals surface area contributed by atoms with E-state index in [0.29, 0.717) is 0 Å². The molecule has 4 rings (SSSR count). The Kier molecular flexibility index (Phi) is 1.72. The molecule has 1 unspecified atom stereocenters. The summed E-state index contributed by atoms with van der Waals surface area (Å²) in [7, 11) is 0. The third-order valence-electron chi connectivity index (χ3n) is 4.27. The van der Waals surface area contributed by atoms with Crippen LogP contribution in [-0.4, -0.2) is 37.2 Å². The minimum Gasteiger partial charge on any atom is -0.379 e. The molecule has 1 heterocycles. The summed E-state index contributed by atoms with van der Waals surface area (Å²) in [5, 5.41) is 0. The Hall–Kier alpha value is -0.0800. The summed E-state index contributed by atoms with van der Waals surface area (Å²) < 4.78 is 5.39. The maximum Gasteiger partial charge on any atom is 0.0594 e. The van der Waals surface area contributed by atoms with E-state index in [9.17, 15) is 0 Å². The van der Waals surface area contributed by atoms with Gasteiger partial charge in [0.25, 0.3) is 0 Å². The molecule has 74 valence electrons. The van der Waals surface area contributed by atoms with E-state index in [1.807, 2.05) is 0 Å². The summed E-state index contributed by atoms with van der Waals surface area (Å²) in [6, 6.07) is 0.911. The average Bonchev–Trinajstić information content (AvgIpc) is 2.59. The molecule has 3 saturated carbocycles. The highest BCUT2D eigenvalue weighted by Gasteiger charge is 2.54. The first-order valence-electron chi connectivity index (χ1n) is 5.59. The van der Waals surface area contributed by atoms with E-state index >= 15 is 0 Å². The third kappa shape index (κ3) is 1.23. The summed E-state index contributed by atoms with van der Waals surface area (Å²) in [6.07, 6.45) is 4.45. The fourth-order valence-electron chi connectivity index (χ4n) is 3.65. The molecule has 0 amide bonds. The van der Waals surface area contributed by atoms with Gasteiger partial charge in [0.2, 0.25) is 0 Å². The van der Waals surface area contributed by atoms with Gasteiger partial charge in [0, 0.05) is 19.1 Å². The lowest BCUT2D eigenvalue weighted by Crippen LogP contribution is -2.44. The quantitative estimate of drug-likeness (QED) is 0.608. The Labute approximate surface area is 80.2 Å². The van der Waals surface area contributed by atoms with E-state index < -0.39 is 0 Å². The van der Waals surface area contributed by atoms with Gasteiger partial charge in [-0.15, -0.1) is 0 Å². The third-order valence-corrected chi connectivity index (χ3v) is 4.27. The highest BCUT2D eigenvalue weighted by molar-refractivity contribution is 5.06. The van der Waals surface area contributed by atoms with Crippen molar-refractivity contribution in [2.24, 2.45) is 11.3 Å². The van der Waals surface area contributed by atoms with Crippen molar-refractivity contribution in [3.05, 3.63) is 0 Å².